The summed E-state index contributed by atoms with van der Waals surface area (Å²) in [6.07, 6.45) is 2.44. The van der Waals surface area contributed by atoms with Crippen molar-refractivity contribution in [2.45, 2.75) is 57.9 Å². The van der Waals surface area contributed by atoms with Gasteiger partial charge in [-0.25, -0.2) is 8.42 Å². The van der Waals surface area contributed by atoms with Crippen molar-refractivity contribution < 1.29 is 13.5 Å². The topological polar surface area (TPSA) is 57.6 Å². The maximum Gasteiger partial charge on any atom is 0.243 e. The number of halogens is 1. The summed E-state index contributed by atoms with van der Waals surface area (Å²) in [6, 6.07) is 5.81. The molecule has 0 radical (unpaired) electrons. The Morgan fingerprint density at radius 2 is 1.67 bits per heavy atom. The number of nitrogens with zero attached hydrogens (tertiary/aromatic N) is 1. The summed E-state index contributed by atoms with van der Waals surface area (Å²) in [4.78, 5) is 0.222. The Morgan fingerprint density at radius 3 is 2.08 bits per heavy atom. The first-order valence-electron chi connectivity index (χ1n) is 8.64. The van der Waals surface area contributed by atoms with Crippen LogP contribution in [0.1, 0.15) is 47.0 Å². The quantitative estimate of drug-likeness (QED) is 0.667. The van der Waals surface area contributed by atoms with Crippen molar-refractivity contribution in [3.63, 3.8) is 0 Å². The number of benzene rings is 1. The molecule has 24 heavy (non-hydrogen) atoms. The van der Waals surface area contributed by atoms with Gasteiger partial charge in [-0.1, -0.05) is 52.1 Å². The fourth-order valence-corrected chi connectivity index (χ4v) is 4.64. The lowest BCUT2D eigenvalue weighted by atomic mass is 10.0. The number of aliphatic hydroxyl groups excluding tert-OH is 1. The number of hydrogen-bond acceptors (Lipinski definition) is 3. The van der Waals surface area contributed by atoms with Gasteiger partial charge in [-0.05, 0) is 42.5 Å². The lowest BCUT2D eigenvalue weighted by Gasteiger charge is -2.33. The molecule has 0 spiro atoms. The third-order valence-corrected chi connectivity index (χ3v) is 6.56. The summed E-state index contributed by atoms with van der Waals surface area (Å²) in [5.41, 5.74) is 0. The van der Waals surface area contributed by atoms with Crippen molar-refractivity contribution in [3.05, 3.63) is 29.3 Å². The molecule has 0 heterocycles. The van der Waals surface area contributed by atoms with E-state index in [1.807, 2.05) is 13.8 Å². The zero-order valence-electron chi connectivity index (χ0n) is 15.1. The average Bonchev–Trinajstić information content (AvgIpc) is 2.54. The second-order valence-corrected chi connectivity index (χ2v) is 9.00. The first-order chi connectivity index (χ1) is 11.3. The van der Waals surface area contributed by atoms with Crippen LogP contribution in [0, 0.1) is 11.8 Å². The maximum absolute atomic E-state index is 13.2. The lowest BCUT2D eigenvalue weighted by Crippen LogP contribution is -2.45. The van der Waals surface area contributed by atoms with E-state index in [9.17, 15) is 13.5 Å². The van der Waals surface area contributed by atoms with Crippen LogP contribution in [0.25, 0.3) is 0 Å². The summed E-state index contributed by atoms with van der Waals surface area (Å²) in [6.45, 7) is 8.45. The lowest BCUT2D eigenvalue weighted by molar-refractivity contribution is 0.154. The Kier molecular flexibility index (Phi) is 8.71. The molecule has 0 saturated carbocycles. The molecule has 0 fully saturated rings. The smallest absolute Gasteiger partial charge is 0.243 e. The predicted octanol–water partition coefficient (Wildman–Crippen LogP) is 4.17. The minimum atomic E-state index is -3.68. The van der Waals surface area contributed by atoms with E-state index in [2.05, 4.69) is 13.8 Å². The molecule has 1 unspecified atom stereocenters. The van der Waals surface area contributed by atoms with Crippen molar-refractivity contribution in [1.29, 1.82) is 0 Å². The van der Waals surface area contributed by atoms with Crippen molar-refractivity contribution in [1.82, 2.24) is 4.31 Å². The molecule has 1 N–H and O–H groups in total. The summed E-state index contributed by atoms with van der Waals surface area (Å²) in [5.74, 6) is 0.569. The van der Waals surface area contributed by atoms with Gasteiger partial charge in [0.1, 0.15) is 0 Å². The Hall–Kier alpha value is -0.620. The van der Waals surface area contributed by atoms with Crippen LogP contribution in [-0.2, 0) is 10.0 Å². The monoisotopic (exact) mass is 375 g/mol. The summed E-state index contributed by atoms with van der Waals surface area (Å²) < 4.78 is 27.8. The van der Waals surface area contributed by atoms with Crippen LogP contribution in [0.3, 0.4) is 0 Å². The van der Waals surface area contributed by atoms with Gasteiger partial charge in [0.2, 0.25) is 10.0 Å². The third kappa shape index (κ3) is 5.73. The highest BCUT2D eigenvalue weighted by atomic mass is 35.5. The highest BCUT2D eigenvalue weighted by Gasteiger charge is 2.32. The van der Waals surface area contributed by atoms with Crippen molar-refractivity contribution in [2.75, 3.05) is 13.2 Å². The highest BCUT2D eigenvalue weighted by molar-refractivity contribution is 7.89. The second-order valence-electron chi connectivity index (χ2n) is 6.68. The Balaban J connectivity index is 3.25. The minimum Gasteiger partial charge on any atom is -0.395 e. The van der Waals surface area contributed by atoms with Crippen LogP contribution in [0.15, 0.2) is 29.2 Å². The zero-order chi connectivity index (χ0) is 18.3. The standard InChI is InChI=1S/C18H30ClNO3S/c1-5-15(6-2)12-20(17(13-21)11-14(3)4)24(22,23)18-9-7-16(19)8-10-18/h7-10,14-15,17,21H,5-6,11-13H2,1-4H3. The first-order valence-corrected chi connectivity index (χ1v) is 10.5. The van der Waals surface area contributed by atoms with Crippen LogP contribution in [0.5, 0.6) is 0 Å². The van der Waals surface area contributed by atoms with Crippen molar-refractivity contribution >= 4 is 21.6 Å². The van der Waals surface area contributed by atoms with E-state index in [1.54, 1.807) is 12.1 Å². The van der Waals surface area contributed by atoms with E-state index in [-0.39, 0.29) is 17.4 Å². The zero-order valence-corrected chi connectivity index (χ0v) is 16.6. The van der Waals surface area contributed by atoms with Gasteiger partial charge in [0.25, 0.3) is 0 Å². The van der Waals surface area contributed by atoms with Gasteiger partial charge in [0.15, 0.2) is 0 Å². The van der Waals surface area contributed by atoms with E-state index < -0.39 is 16.1 Å². The molecule has 0 amide bonds. The van der Waals surface area contributed by atoms with Gasteiger partial charge < -0.3 is 5.11 Å². The van der Waals surface area contributed by atoms with Gasteiger partial charge in [-0.3, -0.25) is 0 Å². The molecule has 1 rings (SSSR count). The van der Waals surface area contributed by atoms with Crippen LogP contribution in [-0.4, -0.2) is 37.0 Å². The average molecular weight is 376 g/mol. The molecular weight excluding hydrogens is 346 g/mol. The first kappa shape index (κ1) is 21.4. The van der Waals surface area contributed by atoms with E-state index in [0.717, 1.165) is 12.8 Å². The molecule has 138 valence electrons. The largest absolute Gasteiger partial charge is 0.395 e. The van der Waals surface area contributed by atoms with Gasteiger partial charge in [0, 0.05) is 17.6 Å². The molecule has 1 atom stereocenters. The maximum atomic E-state index is 13.2. The third-order valence-electron chi connectivity index (χ3n) is 4.37. The van der Waals surface area contributed by atoms with Crippen LogP contribution < -0.4 is 0 Å². The molecule has 0 aromatic heterocycles. The molecule has 0 aliphatic carbocycles. The van der Waals surface area contributed by atoms with E-state index in [0.29, 0.717) is 23.9 Å². The molecule has 1 aromatic carbocycles. The van der Waals surface area contributed by atoms with E-state index >= 15 is 0 Å². The molecule has 1 aromatic rings. The highest BCUT2D eigenvalue weighted by Crippen LogP contribution is 2.25. The van der Waals surface area contributed by atoms with Gasteiger partial charge in [-0.15, -0.1) is 0 Å². The summed E-state index contributed by atoms with van der Waals surface area (Å²) in [7, 11) is -3.68. The molecule has 6 heteroatoms. The number of hydrogen-bond donors (Lipinski definition) is 1. The Bertz CT molecular complexity index is 583. The molecule has 4 nitrogen and oxygen atoms in total. The fraction of sp³-hybridized carbons (Fsp3) is 0.667. The van der Waals surface area contributed by atoms with Crippen LogP contribution in [0.4, 0.5) is 0 Å². The number of sulfonamides is 1. The normalized spacial score (nSPS) is 13.9. The van der Waals surface area contributed by atoms with Crippen molar-refractivity contribution in [3.8, 4) is 0 Å². The van der Waals surface area contributed by atoms with Crippen LogP contribution >= 0.6 is 11.6 Å². The van der Waals surface area contributed by atoms with Gasteiger partial charge in [0.05, 0.1) is 11.5 Å². The minimum absolute atomic E-state index is 0.175. The van der Waals surface area contributed by atoms with E-state index in [4.69, 9.17) is 11.6 Å². The Morgan fingerprint density at radius 1 is 1.12 bits per heavy atom. The number of rotatable bonds is 10. The predicted molar refractivity (Wildman–Crippen MR) is 99.7 cm³/mol. The summed E-state index contributed by atoms with van der Waals surface area (Å²) in [5, 5.41) is 10.3. The Labute approximate surface area is 151 Å². The second kappa shape index (κ2) is 9.76. The number of aliphatic hydroxyl groups is 1. The SMILES string of the molecule is CCC(CC)CN(C(CO)CC(C)C)S(=O)(=O)c1ccc(Cl)cc1. The van der Waals surface area contributed by atoms with Crippen LogP contribution in [0.2, 0.25) is 5.02 Å². The molecule has 0 aliphatic heterocycles. The van der Waals surface area contributed by atoms with Gasteiger partial charge in [-0.2, -0.15) is 4.31 Å². The summed E-state index contributed by atoms with van der Waals surface area (Å²) >= 11 is 5.88. The van der Waals surface area contributed by atoms with Crippen molar-refractivity contribution in [2.24, 2.45) is 11.8 Å². The molecule has 0 bridgehead atoms. The fourth-order valence-electron chi connectivity index (χ4n) is 2.81. The van der Waals surface area contributed by atoms with Gasteiger partial charge >= 0.3 is 0 Å². The van der Waals surface area contributed by atoms with E-state index in [1.165, 1.54) is 16.4 Å². The molecular formula is C18H30ClNO3S. The molecule has 0 aliphatic rings. The molecule has 0 saturated heterocycles.